The predicted molar refractivity (Wildman–Crippen MR) is 44.4 cm³/mol. The minimum atomic E-state index is 0. The van der Waals surface area contributed by atoms with Crippen LogP contribution in [-0.4, -0.2) is 12.2 Å². The van der Waals surface area contributed by atoms with E-state index in [0.29, 0.717) is 0 Å². The molecule has 7 heavy (non-hydrogen) atoms. The number of nitrogens with two attached hydrogens (primary N) is 1. The molecule has 0 heterocycles. The van der Waals surface area contributed by atoms with E-state index >= 15 is 0 Å². The second-order valence-corrected chi connectivity index (χ2v) is 1.18. The lowest BCUT2D eigenvalue weighted by Gasteiger charge is -1.95. The van der Waals surface area contributed by atoms with Crippen LogP contribution >= 0.6 is 36.2 Å². The molecule has 44 valence electrons. The Morgan fingerprint density at radius 2 is 2.14 bits per heavy atom. The molecular weight excluding hydrogens is 225 g/mol. The van der Waals surface area contributed by atoms with Gasteiger partial charge in [0, 0.05) is 7.05 Å². The molecule has 0 unspecified atom stereocenters. The molecule has 0 aliphatic heterocycles. The zero-order valence-corrected chi connectivity index (χ0v) is 7.04. The predicted octanol–water partition coefficient (Wildman–Crippen LogP) is -0.428. The summed E-state index contributed by atoms with van der Waals surface area (Å²) in [7, 11) is 1.69. The van der Waals surface area contributed by atoms with E-state index in [4.69, 9.17) is 5.73 Å². The molecule has 0 atom stereocenters. The molecule has 0 amide bonds. The second-order valence-electron chi connectivity index (χ2n) is 0.739. The molecular formula is C2H8IN3S. The Morgan fingerprint density at radius 3 is 2.14 bits per heavy atom. The van der Waals surface area contributed by atoms with Gasteiger partial charge >= 0.3 is 0 Å². The van der Waals surface area contributed by atoms with E-state index in [1.54, 1.807) is 7.05 Å². The minimum Gasteiger partial charge on any atom is -0.375 e. The van der Waals surface area contributed by atoms with Crippen molar-refractivity contribution in [3.8, 4) is 0 Å². The lowest BCUT2D eigenvalue weighted by atomic mass is 11.2. The fourth-order valence-corrected chi connectivity index (χ4v) is 0.225. The van der Waals surface area contributed by atoms with Crippen molar-refractivity contribution in [1.82, 2.24) is 10.9 Å². The van der Waals surface area contributed by atoms with Crippen LogP contribution in [-0.2, 0) is 0 Å². The minimum absolute atomic E-state index is 0. The summed E-state index contributed by atoms with van der Waals surface area (Å²) in [6, 6.07) is 0. The Kier molecular flexibility index (Phi) is 9.46. The first-order chi connectivity index (χ1) is 2.77. The van der Waals surface area contributed by atoms with Crippen molar-refractivity contribution < 1.29 is 0 Å². The molecule has 0 spiro atoms. The van der Waals surface area contributed by atoms with Crippen molar-refractivity contribution in [2.75, 3.05) is 7.05 Å². The molecule has 0 saturated carbocycles. The highest BCUT2D eigenvalue weighted by atomic mass is 127. The smallest absolute Gasteiger partial charge is 0.178 e. The summed E-state index contributed by atoms with van der Waals surface area (Å²) in [4.78, 5) is 0. The lowest BCUT2D eigenvalue weighted by Crippen LogP contribution is -2.37. The number of hydrazine groups is 1. The third-order valence-electron chi connectivity index (χ3n) is 0.248. The Labute approximate surface area is 65.0 Å². The molecule has 0 radical (unpaired) electrons. The monoisotopic (exact) mass is 233 g/mol. The van der Waals surface area contributed by atoms with E-state index in [1.807, 2.05) is 0 Å². The molecule has 3 nitrogen and oxygen atoms in total. The number of thiocarbonyl (C=S) groups is 1. The summed E-state index contributed by atoms with van der Waals surface area (Å²) in [5, 5.41) is 0.262. The van der Waals surface area contributed by atoms with Crippen molar-refractivity contribution in [3.63, 3.8) is 0 Å². The van der Waals surface area contributed by atoms with Crippen molar-refractivity contribution in [3.05, 3.63) is 0 Å². The molecule has 0 aliphatic carbocycles. The molecule has 0 aliphatic rings. The normalized spacial score (nSPS) is 6.43. The number of hydrogen-bond donors (Lipinski definition) is 3. The maximum absolute atomic E-state index is 4.96. The van der Waals surface area contributed by atoms with Crippen LogP contribution in [0.4, 0.5) is 0 Å². The highest BCUT2D eigenvalue weighted by Gasteiger charge is 1.72. The molecule has 0 fully saturated rings. The van der Waals surface area contributed by atoms with Crippen LogP contribution < -0.4 is 16.6 Å². The zero-order valence-electron chi connectivity index (χ0n) is 3.89. The van der Waals surface area contributed by atoms with Crippen molar-refractivity contribution in [2.45, 2.75) is 0 Å². The first kappa shape index (κ1) is 10.4. The van der Waals surface area contributed by atoms with E-state index in [1.165, 1.54) is 0 Å². The van der Waals surface area contributed by atoms with E-state index in [-0.39, 0.29) is 29.1 Å². The lowest BCUT2D eigenvalue weighted by molar-refractivity contribution is 0.772. The summed E-state index contributed by atoms with van der Waals surface area (Å²) >= 11 is 4.40. The van der Waals surface area contributed by atoms with Gasteiger partial charge in [0.25, 0.3) is 0 Å². The molecule has 5 heteroatoms. The third kappa shape index (κ3) is 10.7. The molecule has 0 aromatic heterocycles. The van der Waals surface area contributed by atoms with Crippen LogP contribution in [0.15, 0.2) is 0 Å². The average molecular weight is 233 g/mol. The van der Waals surface area contributed by atoms with Crippen LogP contribution in [0.5, 0.6) is 0 Å². The van der Waals surface area contributed by atoms with E-state index in [9.17, 15) is 0 Å². The van der Waals surface area contributed by atoms with Gasteiger partial charge in [-0.05, 0) is 12.2 Å². The summed E-state index contributed by atoms with van der Waals surface area (Å²) in [6.45, 7) is 0. The van der Waals surface area contributed by atoms with Gasteiger partial charge in [0.2, 0.25) is 0 Å². The maximum Gasteiger partial charge on any atom is 0.178 e. The summed E-state index contributed by atoms with van der Waals surface area (Å²) in [5.41, 5.74) is 9.98. The first-order valence-corrected chi connectivity index (χ1v) is 1.90. The quantitative estimate of drug-likeness (QED) is 0.327. The number of rotatable bonds is 1. The number of halogens is 1. The van der Waals surface area contributed by atoms with Crippen LogP contribution in [0, 0.1) is 0 Å². The SMILES string of the molecule is CNNC(N)=S.I. The zero-order chi connectivity index (χ0) is 4.99. The van der Waals surface area contributed by atoms with Gasteiger partial charge in [-0.1, -0.05) is 0 Å². The van der Waals surface area contributed by atoms with Crippen LogP contribution in [0.1, 0.15) is 0 Å². The fourth-order valence-electron chi connectivity index (χ4n) is 0.123. The molecule has 0 aromatic carbocycles. The van der Waals surface area contributed by atoms with Crippen molar-refractivity contribution >= 4 is 41.3 Å². The van der Waals surface area contributed by atoms with Gasteiger partial charge in [-0.15, -0.1) is 24.0 Å². The summed E-state index contributed by atoms with van der Waals surface area (Å²) in [5.74, 6) is 0. The maximum atomic E-state index is 4.96. The summed E-state index contributed by atoms with van der Waals surface area (Å²) in [6.07, 6.45) is 0. The van der Waals surface area contributed by atoms with E-state index in [2.05, 4.69) is 23.1 Å². The van der Waals surface area contributed by atoms with Crippen molar-refractivity contribution in [2.24, 2.45) is 5.73 Å². The Hall–Kier alpha value is 0.380. The van der Waals surface area contributed by atoms with Crippen molar-refractivity contribution in [1.29, 1.82) is 0 Å². The van der Waals surface area contributed by atoms with Gasteiger partial charge in [-0.3, -0.25) is 5.43 Å². The standard InChI is InChI=1S/C2H7N3S.HI/c1-4-5-2(3)6;/h4H,1H3,(H3,3,5,6);1H. The molecule has 0 aromatic rings. The summed E-state index contributed by atoms with van der Waals surface area (Å²) < 4.78 is 0. The largest absolute Gasteiger partial charge is 0.375 e. The average Bonchev–Trinajstić information content (AvgIpc) is 1.35. The van der Waals surface area contributed by atoms with Gasteiger partial charge in [-0.2, -0.15) is 0 Å². The van der Waals surface area contributed by atoms with Crippen LogP contribution in [0.2, 0.25) is 0 Å². The Morgan fingerprint density at radius 1 is 1.71 bits per heavy atom. The third-order valence-corrected chi connectivity index (χ3v) is 0.350. The molecule has 0 saturated heterocycles. The van der Waals surface area contributed by atoms with Crippen LogP contribution in [0.25, 0.3) is 0 Å². The van der Waals surface area contributed by atoms with Gasteiger partial charge < -0.3 is 5.73 Å². The molecule has 0 bridgehead atoms. The van der Waals surface area contributed by atoms with Gasteiger partial charge in [0.15, 0.2) is 5.11 Å². The van der Waals surface area contributed by atoms with E-state index < -0.39 is 0 Å². The molecule has 4 N–H and O–H groups in total. The van der Waals surface area contributed by atoms with Gasteiger partial charge in [-0.25, -0.2) is 5.43 Å². The Bertz CT molecular complexity index is 56.9. The number of nitrogens with one attached hydrogen (secondary N) is 2. The van der Waals surface area contributed by atoms with Crippen LogP contribution in [0.3, 0.4) is 0 Å². The van der Waals surface area contributed by atoms with E-state index in [0.717, 1.165) is 0 Å². The molecule has 0 rings (SSSR count). The van der Waals surface area contributed by atoms with Gasteiger partial charge in [0.1, 0.15) is 0 Å². The second kappa shape index (κ2) is 6.38. The highest BCUT2D eigenvalue weighted by Crippen LogP contribution is 1.44. The van der Waals surface area contributed by atoms with Gasteiger partial charge in [0.05, 0.1) is 0 Å². The highest BCUT2D eigenvalue weighted by molar-refractivity contribution is 14.0. The number of hydrogen-bond acceptors (Lipinski definition) is 2. The fraction of sp³-hybridized carbons (Fsp3) is 0.500. The topological polar surface area (TPSA) is 50.1 Å². The first-order valence-electron chi connectivity index (χ1n) is 1.49. The Balaban J connectivity index is 0.